The Balaban J connectivity index is 1.99. The Morgan fingerprint density at radius 1 is 1.43 bits per heavy atom. The van der Waals surface area contributed by atoms with E-state index in [0.29, 0.717) is 13.0 Å². The van der Waals surface area contributed by atoms with E-state index in [9.17, 15) is 9.59 Å². The maximum absolute atomic E-state index is 12.1. The number of aromatic nitrogens is 1. The van der Waals surface area contributed by atoms with Gasteiger partial charge in [-0.15, -0.1) is 0 Å². The second-order valence-electron chi connectivity index (χ2n) is 4.72. The van der Waals surface area contributed by atoms with Crippen molar-refractivity contribution in [2.75, 3.05) is 13.7 Å². The molecule has 0 spiro atoms. The molecule has 0 bridgehead atoms. The molecule has 1 heterocycles. The standard InChI is InChI=1S/C14H18N2O5/c1-3-21-11-7-10(12(11)20-2)16-13(17)8-5-4-6-9(15-8)14(18)19/h4-6,10-12H,3,7H2,1-2H3,(H,16,17)(H,18,19). The van der Waals surface area contributed by atoms with Gasteiger partial charge < -0.3 is 19.9 Å². The second-order valence-corrected chi connectivity index (χ2v) is 4.72. The molecule has 1 aliphatic rings. The van der Waals surface area contributed by atoms with Gasteiger partial charge in [0, 0.05) is 13.7 Å². The fraction of sp³-hybridized carbons (Fsp3) is 0.500. The lowest BCUT2D eigenvalue weighted by molar-refractivity contribution is -0.128. The van der Waals surface area contributed by atoms with Gasteiger partial charge in [-0.05, 0) is 25.5 Å². The minimum Gasteiger partial charge on any atom is -0.477 e. The average molecular weight is 294 g/mol. The average Bonchev–Trinajstić information content (AvgIpc) is 2.46. The number of nitrogens with zero attached hydrogens (tertiary/aromatic N) is 1. The van der Waals surface area contributed by atoms with Crippen LogP contribution in [0.25, 0.3) is 0 Å². The van der Waals surface area contributed by atoms with Crippen LogP contribution in [-0.2, 0) is 9.47 Å². The van der Waals surface area contributed by atoms with Gasteiger partial charge in [-0.25, -0.2) is 9.78 Å². The van der Waals surface area contributed by atoms with Crippen molar-refractivity contribution in [3.63, 3.8) is 0 Å². The number of carbonyl (C=O) groups excluding carboxylic acids is 1. The number of nitrogens with one attached hydrogen (secondary N) is 1. The summed E-state index contributed by atoms with van der Waals surface area (Å²) in [6, 6.07) is 4.14. The highest BCUT2D eigenvalue weighted by Crippen LogP contribution is 2.27. The predicted octanol–water partition coefficient (Wildman–Crippen LogP) is 0.702. The number of carboxylic acid groups (broad SMARTS) is 1. The Morgan fingerprint density at radius 2 is 2.14 bits per heavy atom. The van der Waals surface area contributed by atoms with Crippen LogP contribution in [0, 0.1) is 0 Å². The molecule has 21 heavy (non-hydrogen) atoms. The van der Waals surface area contributed by atoms with Gasteiger partial charge in [0.05, 0.1) is 12.1 Å². The molecule has 0 aliphatic heterocycles. The number of aromatic carboxylic acids is 1. The first kappa shape index (κ1) is 15.4. The van der Waals surface area contributed by atoms with Crippen LogP contribution in [0.2, 0.25) is 0 Å². The highest BCUT2D eigenvalue weighted by molar-refractivity contribution is 5.94. The van der Waals surface area contributed by atoms with E-state index in [2.05, 4.69) is 10.3 Å². The molecule has 0 aromatic carbocycles. The first-order valence-corrected chi connectivity index (χ1v) is 6.72. The molecule has 3 unspecified atom stereocenters. The van der Waals surface area contributed by atoms with Crippen LogP contribution in [0.5, 0.6) is 0 Å². The molecule has 1 aliphatic carbocycles. The number of carboxylic acids is 1. The van der Waals surface area contributed by atoms with Crippen molar-refractivity contribution in [1.82, 2.24) is 10.3 Å². The van der Waals surface area contributed by atoms with Crippen molar-refractivity contribution in [3.05, 3.63) is 29.6 Å². The first-order chi connectivity index (χ1) is 10.1. The third-order valence-corrected chi connectivity index (χ3v) is 3.42. The Kier molecular flexibility index (Phi) is 4.87. The minimum atomic E-state index is -1.17. The maximum Gasteiger partial charge on any atom is 0.354 e. The molecule has 2 rings (SSSR count). The number of ether oxygens (including phenoxy) is 2. The summed E-state index contributed by atoms with van der Waals surface area (Å²) in [7, 11) is 1.57. The van der Waals surface area contributed by atoms with E-state index in [0.717, 1.165) is 0 Å². The predicted molar refractivity (Wildman–Crippen MR) is 73.3 cm³/mol. The van der Waals surface area contributed by atoms with Gasteiger partial charge in [0.1, 0.15) is 17.5 Å². The minimum absolute atomic E-state index is 0.0244. The molecule has 7 nitrogen and oxygen atoms in total. The monoisotopic (exact) mass is 294 g/mol. The zero-order chi connectivity index (χ0) is 15.4. The van der Waals surface area contributed by atoms with Crippen molar-refractivity contribution < 1.29 is 24.2 Å². The molecule has 1 saturated carbocycles. The third-order valence-electron chi connectivity index (χ3n) is 3.42. The van der Waals surface area contributed by atoms with Gasteiger partial charge in [0.15, 0.2) is 0 Å². The molecule has 114 valence electrons. The van der Waals surface area contributed by atoms with Crippen molar-refractivity contribution in [3.8, 4) is 0 Å². The van der Waals surface area contributed by atoms with E-state index in [4.69, 9.17) is 14.6 Å². The van der Waals surface area contributed by atoms with Gasteiger partial charge in [-0.1, -0.05) is 6.07 Å². The highest BCUT2D eigenvalue weighted by atomic mass is 16.5. The molecular formula is C14H18N2O5. The SMILES string of the molecule is CCOC1CC(NC(=O)c2cccc(C(=O)O)n2)C1OC. The summed E-state index contributed by atoms with van der Waals surface area (Å²) in [5, 5.41) is 11.7. The van der Waals surface area contributed by atoms with Gasteiger partial charge in [-0.2, -0.15) is 0 Å². The molecular weight excluding hydrogens is 276 g/mol. The van der Waals surface area contributed by atoms with Gasteiger partial charge in [-0.3, -0.25) is 4.79 Å². The van der Waals surface area contributed by atoms with Crippen LogP contribution in [0.3, 0.4) is 0 Å². The number of carbonyl (C=O) groups is 2. The van der Waals surface area contributed by atoms with Crippen molar-refractivity contribution in [1.29, 1.82) is 0 Å². The van der Waals surface area contributed by atoms with Crippen molar-refractivity contribution >= 4 is 11.9 Å². The fourth-order valence-corrected chi connectivity index (χ4v) is 2.34. The summed E-state index contributed by atoms with van der Waals surface area (Å²) >= 11 is 0. The quantitative estimate of drug-likeness (QED) is 0.801. The van der Waals surface area contributed by atoms with Gasteiger partial charge in [0.2, 0.25) is 0 Å². The molecule has 1 fully saturated rings. The van der Waals surface area contributed by atoms with Crippen LogP contribution >= 0.6 is 0 Å². The Labute approximate surface area is 122 Å². The van der Waals surface area contributed by atoms with Gasteiger partial charge in [0.25, 0.3) is 5.91 Å². The highest BCUT2D eigenvalue weighted by Gasteiger charge is 2.43. The Hall–Kier alpha value is -1.99. The van der Waals surface area contributed by atoms with Crippen LogP contribution in [0.1, 0.15) is 34.3 Å². The summed E-state index contributed by atoms with van der Waals surface area (Å²) in [6.07, 6.45) is 0.441. The number of hydrogen-bond acceptors (Lipinski definition) is 5. The maximum atomic E-state index is 12.1. The molecule has 0 radical (unpaired) electrons. The zero-order valence-electron chi connectivity index (χ0n) is 11.9. The molecule has 3 atom stereocenters. The number of hydrogen-bond donors (Lipinski definition) is 2. The molecule has 0 saturated heterocycles. The normalized spacial score (nSPS) is 24.2. The smallest absolute Gasteiger partial charge is 0.354 e. The molecule has 7 heteroatoms. The summed E-state index contributed by atoms with van der Waals surface area (Å²) in [4.78, 5) is 26.7. The van der Waals surface area contributed by atoms with Crippen LogP contribution in [0.15, 0.2) is 18.2 Å². The first-order valence-electron chi connectivity index (χ1n) is 6.72. The number of amides is 1. The number of methoxy groups -OCH3 is 1. The third kappa shape index (κ3) is 3.37. The number of pyridine rings is 1. The largest absolute Gasteiger partial charge is 0.477 e. The van der Waals surface area contributed by atoms with E-state index >= 15 is 0 Å². The Morgan fingerprint density at radius 3 is 2.76 bits per heavy atom. The van der Waals surface area contributed by atoms with Crippen molar-refractivity contribution in [2.24, 2.45) is 0 Å². The van der Waals surface area contributed by atoms with Crippen molar-refractivity contribution in [2.45, 2.75) is 31.6 Å². The van der Waals surface area contributed by atoms with E-state index in [-0.39, 0.29) is 29.6 Å². The van der Waals surface area contributed by atoms with Gasteiger partial charge >= 0.3 is 5.97 Å². The lowest BCUT2D eigenvalue weighted by Crippen LogP contribution is -2.61. The summed E-state index contributed by atoms with van der Waals surface area (Å²) in [6.45, 7) is 2.49. The summed E-state index contributed by atoms with van der Waals surface area (Å²) in [5.74, 6) is -1.58. The lowest BCUT2D eigenvalue weighted by atomic mass is 9.85. The molecule has 1 amide bonds. The van der Waals surface area contributed by atoms with Crippen LogP contribution < -0.4 is 5.32 Å². The molecule has 2 N–H and O–H groups in total. The van der Waals surface area contributed by atoms with E-state index in [1.807, 2.05) is 6.92 Å². The van der Waals surface area contributed by atoms with E-state index in [1.54, 1.807) is 7.11 Å². The van der Waals surface area contributed by atoms with Crippen LogP contribution in [-0.4, -0.2) is 53.9 Å². The topological polar surface area (TPSA) is 97.8 Å². The lowest BCUT2D eigenvalue weighted by Gasteiger charge is -2.43. The van der Waals surface area contributed by atoms with E-state index in [1.165, 1.54) is 18.2 Å². The summed E-state index contributed by atoms with van der Waals surface area (Å²) < 4.78 is 10.8. The zero-order valence-corrected chi connectivity index (χ0v) is 11.9. The van der Waals surface area contributed by atoms with E-state index < -0.39 is 11.9 Å². The second kappa shape index (κ2) is 6.64. The fourth-order valence-electron chi connectivity index (χ4n) is 2.34. The Bertz CT molecular complexity index is 534. The molecule has 1 aromatic rings. The summed E-state index contributed by atoms with van der Waals surface area (Å²) in [5.41, 5.74) is -0.0867. The number of rotatable bonds is 6. The molecule has 1 aromatic heterocycles. The van der Waals surface area contributed by atoms with Crippen LogP contribution in [0.4, 0.5) is 0 Å².